The van der Waals surface area contributed by atoms with E-state index >= 15 is 0 Å². The summed E-state index contributed by atoms with van der Waals surface area (Å²) in [6, 6.07) is 10.2. The van der Waals surface area contributed by atoms with E-state index in [0.717, 1.165) is 42.7 Å². The molecule has 1 saturated heterocycles. The van der Waals surface area contributed by atoms with Crippen LogP contribution in [0.15, 0.2) is 53.4 Å². The fraction of sp³-hybridized carbons (Fsp3) is 0.368. The van der Waals surface area contributed by atoms with Gasteiger partial charge in [0.2, 0.25) is 10.0 Å². The third kappa shape index (κ3) is 5.02. The van der Waals surface area contributed by atoms with E-state index in [2.05, 4.69) is 4.74 Å². The number of hydrogen-bond acceptors (Lipinski definition) is 3. The van der Waals surface area contributed by atoms with Gasteiger partial charge in [-0.25, -0.2) is 12.8 Å². The zero-order valence-electron chi connectivity index (χ0n) is 14.8. The molecule has 0 bridgehead atoms. The van der Waals surface area contributed by atoms with E-state index in [-0.39, 0.29) is 23.2 Å². The van der Waals surface area contributed by atoms with Crippen molar-refractivity contribution in [2.24, 2.45) is 0 Å². The molecular formula is C19H19F4NO3S. The maximum Gasteiger partial charge on any atom is 0.573 e. The van der Waals surface area contributed by atoms with Crippen LogP contribution < -0.4 is 4.74 Å². The molecule has 0 aliphatic carbocycles. The van der Waals surface area contributed by atoms with Crippen molar-refractivity contribution in [3.8, 4) is 5.75 Å². The maximum atomic E-state index is 13.2. The first kappa shape index (κ1) is 20.6. The number of rotatable bonds is 4. The van der Waals surface area contributed by atoms with Gasteiger partial charge in [-0.05, 0) is 60.7 Å². The van der Waals surface area contributed by atoms with Crippen LogP contribution in [-0.4, -0.2) is 32.2 Å². The minimum atomic E-state index is -4.84. The monoisotopic (exact) mass is 417 g/mol. The molecule has 28 heavy (non-hydrogen) atoms. The van der Waals surface area contributed by atoms with Crippen molar-refractivity contribution in [2.45, 2.75) is 36.4 Å². The van der Waals surface area contributed by atoms with Crippen LogP contribution in [0.5, 0.6) is 5.75 Å². The summed E-state index contributed by atoms with van der Waals surface area (Å²) in [5.74, 6) is -0.916. The lowest BCUT2D eigenvalue weighted by atomic mass is 9.95. The number of hydrogen-bond donors (Lipinski definition) is 0. The van der Waals surface area contributed by atoms with E-state index in [0.29, 0.717) is 13.0 Å². The summed E-state index contributed by atoms with van der Waals surface area (Å²) in [7, 11) is -3.87. The highest BCUT2D eigenvalue weighted by Crippen LogP contribution is 2.31. The largest absolute Gasteiger partial charge is 0.573 e. The van der Waals surface area contributed by atoms with Crippen LogP contribution in [0, 0.1) is 5.82 Å². The second kappa shape index (κ2) is 8.08. The SMILES string of the molecule is O=S(=O)(c1ccc(OC(F)(F)F)cc1)N1CCCCC(c2ccc(F)cc2)C1. The number of ether oxygens (including phenoxy) is 1. The van der Waals surface area contributed by atoms with E-state index < -0.39 is 22.1 Å². The van der Waals surface area contributed by atoms with Gasteiger partial charge in [0.25, 0.3) is 0 Å². The second-order valence-electron chi connectivity index (χ2n) is 6.63. The first-order valence-corrected chi connectivity index (χ1v) is 10.2. The molecule has 0 spiro atoms. The Morgan fingerprint density at radius 2 is 1.61 bits per heavy atom. The van der Waals surface area contributed by atoms with Crippen molar-refractivity contribution in [1.29, 1.82) is 0 Å². The molecule has 1 unspecified atom stereocenters. The number of sulfonamides is 1. The van der Waals surface area contributed by atoms with Crippen molar-refractivity contribution >= 4 is 10.0 Å². The fourth-order valence-corrected chi connectivity index (χ4v) is 4.82. The van der Waals surface area contributed by atoms with Gasteiger partial charge in [0.15, 0.2) is 0 Å². The lowest BCUT2D eigenvalue weighted by molar-refractivity contribution is -0.274. The van der Waals surface area contributed by atoms with Gasteiger partial charge in [-0.15, -0.1) is 13.2 Å². The van der Waals surface area contributed by atoms with Crippen LogP contribution in [0.25, 0.3) is 0 Å². The highest BCUT2D eigenvalue weighted by atomic mass is 32.2. The molecule has 1 heterocycles. The standard InChI is InChI=1S/C19H19F4NO3S/c20-16-6-4-14(5-7-16)15-3-1-2-12-24(13-15)28(25,26)18-10-8-17(9-11-18)27-19(21,22)23/h4-11,15H,1-3,12-13H2. The highest BCUT2D eigenvalue weighted by Gasteiger charge is 2.32. The molecule has 0 radical (unpaired) electrons. The minimum Gasteiger partial charge on any atom is -0.406 e. The Bertz CT molecular complexity index is 896. The van der Waals surface area contributed by atoms with Crippen LogP contribution in [0.1, 0.15) is 30.7 Å². The summed E-state index contributed by atoms with van der Waals surface area (Å²) in [5, 5.41) is 0. The number of halogens is 4. The van der Waals surface area contributed by atoms with Gasteiger partial charge in [0.1, 0.15) is 11.6 Å². The minimum absolute atomic E-state index is 0.0780. The quantitative estimate of drug-likeness (QED) is 0.679. The van der Waals surface area contributed by atoms with Gasteiger partial charge in [0.05, 0.1) is 4.90 Å². The summed E-state index contributed by atoms with van der Waals surface area (Å²) >= 11 is 0. The predicted molar refractivity (Wildman–Crippen MR) is 94.9 cm³/mol. The van der Waals surface area contributed by atoms with Crippen molar-refractivity contribution in [2.75, 3.05) is 13.1 Å². The third-order valence-corrected chi connectivity index (χ3v) is 6.55. The summed E-state index contributed by atoms with van der Waals surface area (Å²) < 4.78 is 81.0. The zero-order chi connectivity index (χ0) is 20.4. The Hall–Kier alpha value is -2.13. The van der Waals surface area contributed by atoms with E-state index in [1.54, 1.807) is 12.1 Å². The number of nitrogens with zero attached hydrogens (tertiary/aromatic N) is 1. The van der Waals surface area contributed by atoms with Crippen molar-refractivity contribution in [3.05, 3.63) is 59.9 Å². The van der Waals surface area contributed by atoms with E-state index in [1.165, 1.54) is 16.4 Å². The molecule has 2 aromatic carbocycles. The molecule has 9 heteroatoms. The Morgan fingerprint density at radius 3 is 2.21 bits per heavy atom. The molecular weight excluding hydrogens is 398 g/mol. The molecule has 0 aromatic heterocycles. The summed E-state index contributed by atoms with van der Waals surface area (Å²) in [4.78, 5) is -0.0956. The topological polar surface area (TPSA) is 46.6 Å². The van der Waals surface area contributed by atoms with Gasteiger partial charge in [-0.1, -0.05) is 18.6 Å². The second-order valence-corrected chi connectivity index (χ2v) is 8.56. The average Bonchev–Trinajstić information content (AvgIpc) is 2.88. The molecule has 0 saturated carbocycles. The van der Waals surface area contributed by atoms with Gasteiger partial charge >= 0.3 is 6.36 Å². The van der Waals surface area contributed by atoms with Gasteiger partial charge in [-0.2, -0.15) is 4.31 Å². The van der Waals surface area contributed by atoms with Crippen LogP contribution in [0.4, 0.5) is 17.6 Å². The summed E-state index contributed by atoms with van der Waals surface area (Å²) in [6.45, 7) is 0.551. The van der Waals surface area contributed by atoms with Gasteiger partial charge in [0, 0.05) is 13.1 Å². The smallest absolute Gasteiger partial charge is 0.406 e. The predicted octanol–water partition coefficient (Wildman–Crippen LogP) is 4.68. The molecule has 0 N–H and O–H groups in total. The third-order valence-electron chi connectivity index (χ3n) is 4.67. The Morgan fingerprint density at radius 1 is 0.964 bits per heavy atom. The zero-order valence-corrected chi connectivity index (χ0v) is 15.6. The van der Waals surface area contributed by atoms with Crippen molar-refractivity contribution < 1.29 is 30.7 Å². The first-order chi connectivity index (χ1) is 13.1. The number of benzene rings is 2. The van der Waals surface area contributed by atoms with Crippen LogP contribution in [-0.2, 0) is 10.0 Å². The lowest BCUT2D eigenvalue weighted by Crippen LogP contribution is -2.34. The number of alkyl halides is 3. The molecule has 1 fully saturated rings. The molecule has 1 aliphatic rings. The van der Waals surface area contributed by atoms with Crippen LogP contribution in [0.2, 0.25) is 0 Å². The van der Waals surface area contributed by atoms with E-state index in [9.17, 15) is 26.0 Å². The van der Waals surface area contributed by atoms with Gasteiger partial charge < -0.3 is 4.74 Å². The average molecular weight is 417 g/mol. The van der Waals surface area contributed by atoms with Crippen molar-refractivity contribution in [1.82, 2.24) is 4.31 Å². The van der Waals surface area contributed by atoms with Gasteiger partial charge in [-0.3, -0.25) is 0 Å². The molecule has 4 nitrogen and oxygen atoms in total. The molecule has 1 atom stereocenters. The van der Waals surface area contributed by atoms with Crippen molar-refractivity contribution in [3.63, 3.8) is 0 Å². The molecule has 0 amide bonds. The molecule has 152 valence electrons. The first-order valence-electron chi connectivity index (χ1n) is 8.76. The highest BCUT2D eigenvalue weighted by molar-refractivity contribution is 7.89. The molecule has 1 aliphatic heterocycles. The van der Waals surface area contributed by atoms with Crippen LogP contribution >= 0.6 is 0 Å². The van der Waals surface area contributed by atoms with Crippen LogP contribution in [0.3, 0.4) is 0 Å². The Kier molecular flexibility index (Phi) is 5.95. The molecule has 2 aromatic rings. The summed E-state index contributed by atoms with van der Waals surface area (Å²) in [5.41, 5.74) is 0.859. The summed E-state index contributed by atoms with van der Waals surface area (Å²) in [6.07, 6.45) is -2.57. The normalized spacial score (nSPS) is 19.2. The van der Waals surface area contributed by atoms with E-state index in [1.807, 2.05) is 0 Å². The lowest BCUT2D eigenvalue weighted by Gasteiger charge is -2.24. The fourth-order valence-electron chi connectivity index (χ4n) is 3.29. The molecule has 3 rings (SSSR count). The Labute approximate surface area is 160 Å². The van der Waals surface area contributed by atoms with E-state index in [4.69, 9.17) is 0 Å². The Balaban J connectivity index is 1.80. The maximum absolute atomic E-state index is 13.2.